The molecule has 0 aliphatic rings. The molecule has 0 bridgehead atoms. The van der Waals surface area contributed by atoms with E-state index in [1.165, 1.54) is 5.56 Å². The standard InChI is InChI=1S/C25H25N3O/c1-28(2)17-18-8-12-20(13-9-18)26-25-16-24(19-10-14-21(29-3)15-11-19)27-23-7-5-4-6-22(23)25/h4-16H,17H2,1-3H3,(H,26,27). The second kappa shape index (κ2) is 8.33. The summed E-state index contributed by atoms with van der Waals surface area (Å²) in [6, 6.07) is 26.9. The van der Waals surface area contributed by atoms with Crippen LogP contribution in [-0.4, -0.2) is 31.1 Å². The molecule has 4 heteroatoms. The van der Waals surface area contributed by atoms with Gasteiger partial charge in [0.2, 0.25) is 0 Å². The van der Waals surface area contributed by atoms with Gasteiger partial charge in [0.05, 0.1) is 24.0 Å². The Hall–Kier alpha value is -3.37. The van der Waals surface area contributed by atoms with Gasteiger partial charge in [0.25, 0.3) is 0 Å². The lowest BCUT2D eigenvalue weighted by Crippen LogP contribution is -2.10. The Balaban J connectivity index is 1.70. The number of aromatic nitrogens is 1. The maximum atomic E-state index is 5.28. The topological polar surface area (TPSA) is 37.4 Å². The van der Waals surface area contributed by atoms with Crippen molar-refractivity contribution in [3.05, 3.63) is 84.4 Å². The van der Waals surface area contributed by atoms with Crippen LogP contribution in [0.4, 0.5) is 11.4 Å². The fourth-order valence-electron chi connectivity index (χ4n) is 3.40. The van der Waals surface area contributed by atoms with Crippen molar-refractivity contribution in [2.24, 2.45) is 0 Å². The van der Waals surface area contributed by atoms with Crippen LogP contribution in [0.1, 0.15) is 5.56 Å². The summed E-state index contributed by atoms with van der Waals surface area (Å²) in [5.41, 5.74) is 6.34. The summed E-state index contributed by atoms with van der Waals surface area (Å²) in [5.74, 6) is 0.839. The first-order valence-corrected chi connectivity index (χ1v) is 9.67. The largest absolute Gasteiger partial charge is 0.497 e. The number of benzene rings is 3. The first-order valence-electron chi connectivity index (χ1n) is 9.67. The van der Waals surface area contributed by atoms with Crippen molar-refractivity contribution in [1.29, 1.82) is 0 Å². The van der Waals surface area contributed by atoms with Crippen molar-refractivity contribution in [3.63, 3.8) is 0 Å². The molecule has 4 rings (SSSR count). The summed E-state index contributed by atoms with van der Waals surface area (Å²) in [4.78, 5) is 7.03. The maximum Gasteiger partial charge on any atom is 0.118 e. The Labute approximate surface area is 171 Å². The number of fused-ring (bicyclic) bond motifs is 1. The monoisotopic (exact) mass is 383 g/mol. The van der Waals surface area contributed by atoms with E-state index in [1.54, 1.807) is 7.11 Å². The molecule has 4 aromatic rings. The van der Waals surface area contributed by atoms with E-state index in [1.807, 2.05) is 42.5 Å². The zero-order valence-electron chi connectivity index (χ0n) is 17.0. The fraction of sp³-hybridized carbons (Fsp3) is 0.160. The van der Waals surface area contributed by atoms with E-state index < -0.39 is 0 Å². The van der Waals surface area contributed by atoms with Gasteiger partial charge in [-0.1, -0.05) is 30.3 Å². The molecule has 0 fully saturated rings. The Morgan fingerprint density at radius 1 is 0.897 bits per heavy atom. The highest BCUT2D eigenvalue weighted by atomic mass is 16.5. The van der Waals surface area contributed by atoms with Crippen LogP contribution in [-0.2, 0) is 6.54 Å². The third kappa shape index (κ3) is 4.39. The minimum atomic E-state index is 0.839. The van der Waals surface area contributed by atoms with Crippen molar-refractivity contribution in [2.45, 2.75) is 6.54 Å². The van der Waals surface area contributed by atoms with E-state index in [-0.39, 0.29) is 0 Å². The molecule has 4 nitrogen and oxygen atoms in total. The van der Waals surface area contributed by atoms with E-state index in [0.29, 0.717) is 0 Å². The summed E-state index contributed by atoms with van der Waals surface area (Å²) in [6.45, 7) is 0.931. The summed E-state index contributed by atoms with van der Waals surface area (Å²) in [7, 11) is 5.83. The lowest BCUT2D eigenvalue weighted by molar-refractivity contribution is 0.402. The lowest BCUT2D eigenvalue weighted by Gasteiger charge is -2.14. The molecule has 0 saturated heterocycles. The number of para-hydroxylation sites is 1. The molecule has 0 unspecified atom stereocenters. The number of ether oxygens (including phenoxy) is 1. The van der Waals surface area contributed by atoms with Crippen LogP contribution in [0.3, 0.4) is 0 Å². The molecule has 0 radical (unpaired) electrons. The zero-order valence-corrected chi connectivity index (χ0v) is 17.0. The summed E-state index contributed by atoms with van der Waals surface area (Å²) < 4.78 is 5.28. The van der Waals surface area contributed by atoms with Gasteiger partial charge in [-0.15, -0.1) is 0 Å². The quantitative estimate of drug-likeness (QED) is 0.462. The second-order valence-corrected chi connectivity index (χ2v) is 7.36. The van der Waals surface area contributed by atoms with Crippen LogP contribution < -0.4 is 10.1 Å². The fourth-order valence-corrected chi connectivity index (χ4v) is 3.40. The molecular weight excluding hydrogens is 358 g/mol. The average molecular weight is 383 g/mol. The lowest BCUT2D eigenvalue weighted by atomic mass is 10.1. The highest BCUT2D eigenvalue weighted by molar-refractivity contribution is 5.95. The minimum absolute atomic E-state index is 0.839. The molecule has 3 aromatic carbocycles. The van der Waals surface area contributed by atoms with E-state index in [9.17, 15) is 0 Å². The van der Waals surface area contributed by atoms with Crippen LogP contribution >= 0.6 is 0 Å². The van der Waals surface area contributed by atoms with Gasteiger partial charge in [-0.25, -0.2) is 4.98 Å². The van der Waals surface area contributed by atoms with Crippen LogP contribution in [0.2, 0.25) is 0 Å². The molecule has 0 spiro atoms. The van der Waals surface area contributed by atoms with Crippen LogP contribution in [0, 0.1) is 0 Å². The first kappa shape index (κ1) is 19.0. The molecule has 1 N–H and O–H groups in total. The van der Waals surface area contributed by atoms with Crippen LogP contribution in [0.5, 0.6) is 5.75 Å². The molecule has 0 saturated carbocycles. The Morgan fingerprint density at radius 2 is 1.62 bits per heavy atom. The smallest absolute Gasteiger partial charge is 0.118 e. The third-order valence-corrected chi connectivity index (χ3v) is 4.83. The van der Waals surface area contributed by atoms with Gasteiger partial charge < -0.3 is 15.0 Å². The van der Waals surface area contributed by atoms with Crippen LogP contribution in [0.25, 0.3) is 22.2 Å². The van der Waals surface area contributed by atoms with Gasteiger partial charge in [-0.05, 0) is 68.2 Å². The Kier molecular flexibility index (Phi) is 5.45. The van der Waals surface area contributed by atoms with Crippen molar-refractivity contribution < 1.29 is 4.74 Å². The predicted molar refractivity (Wildman–Crippen MR) is 121 cm³/mol. The predicted octanol–water partition coefficient (Wildman–Crippen LogP) is 5.72. The van der Waals surface area contributed by atoms with Gasteiger partial charge >= 0.3 is 0 Å². The van der Waals surface area contributed by atoms with Crippen molar-refractivity contribution in [3.8, 4) is 17.0 Å². The molecule has 0 amide bonds. The highest BCUT2D eigenvalue weighted by Gasteiger charge is 2.08. The maximum absolute atomic E-state index is 5.28. The highest BCUT2D eigenvalue weighted by Crippen LogP contribution is 2.31. The van der Waals surface area contributed by atoms with Gasteiger partial charge in [0, 0.05) is 23.2 Å². The number of rotatable bonds is 6. The zero-order chi connectivity index (χ0) is 20.2. The Bertz CT molecular complexity index is 1100. The van der Waals surface area contributed by atoms with Crippen molar-refractivity contribution in [1.82, 2.24) is 9.88 Å². The number of nitrogens with one attached hydrogen (secondary N) is 1. The molecule has 1 aromatic heterocycles. The minimum Gasteiger partial charge on any atom is -0.497 e. The number of pyridine rings is 1. The number of methoxy groups -OCH3 is 1. The summed E-state index contributed by atoms with van der Waals surface area (Å²) in [5, 5.41) is 4.68. The molecule has 1 heterocycles. The third-order valence-electron chi connectivity index (χ3n) is 4.83. The number of nitrogens with zero attached hydrogens (tertiary/aromatic N) is 2. The van der Waals surface area contributed by atoms with Gasteiger partial charge in [-0.3, -0.25) is 0 Å². The van der Waals surface area contributed by atoms with E-state index >= 15 is 0 Å². The number of anilines is 2. The summed E-state index contributed by atoms with van der Waals surface area (Å²) in [6.07, 6.45) is 0. The molecule has 0 aliphatic heterocycles. The van der Waals surface area contributed by atoms with E-state index in [0.717, 1.165) is 45.8 Å². The first-order chi connectivity index (χ1) is 14.1. The number of hydrogen-bond donors (Lipinski definition) is 1. The normalized spacial score (nSPS) is 11.0. The molecular formula is C25H25N3O. The molecule has 146 valence electrons. The van der Waals surface area contributed by atoms with Crippen LogP contribution in [0.15, 0.2) is 78.9 Å². The molecule has 0 atom stereocenters. The Morgan fingerprint density at radius 3 is 2.31 bits per heavy atom. The van der Waals surface area contributed by atoms with Gasteiger partial charge in [0.1, 0.15) is 5.75 Å². The second-order valence-electron chi connectivity index (χ2n) is 7.36. The van der Waals surface area contributed by atoms with E-state index in [4.69, 9.17) is 9.72 Å². The van der Waals surface area contributed by atoms with Gasteiger partial charge in [0.15, 0.2) is 0 Å². The number of hydrogen-bond acceptors (Lipinski definition) is 4. The molecule has 0 aliphatic carbocycles. The van der Waals surface area contributed by atoms with Gasteiger partial charge in [-0.2, -0.15) is 0 Å². The molecule has 29 heavy (non-hydrogen) atoms. The summed E-state index contributed by atoms with van der Waals surface area (Å²) >= 11 is 0. The van der Waals surface area contributed by atoms with Crippen molar-refractivity contribution in [2.75, 3.05) is 26.5 Å². The van der Waals surface area contributed by atoms with E-state index in [2.05, 4.69) is 60.7 Å². The average Bonchev–Trinajstić information content (AvgIpc) is 2.75. The SMILES string of the molecule is COc1ccc(-c2cc(Nc3ccc(CN(C)C)cc3)c3ccccc3n2)cc1. The van der Waals surface area contributed by atoms with Crippen molar-refractivity contribution >= 4 is 22.3 Å².